The first-order chi connectivity index (χ1) is 19.9. The molecular formula is C31H47NO10. The summed E-state index contributed by atoms with van der Waals surface area (Å²) in [5, 5.41) is 0. The summed E-state index contributed by atoms with van der Waals surface area (Å²) in [5.41, 5.74) is 6.61. The molecule has 2 atom stereocenters. The van der Waals surface area contributed by atoms with E-state index in [0.29, 0.717) is 30.2 Å². The van der Waals surface area contributed by atoms with Gasteiger partial charge in [0, 0.05) is 0 Å². The maximum absolute atomic E-state index is 12.6. The highest BCUT2D eigenvalue weighted by molar-refractivity contribution is 5.76. The van der Waals surface area contributed by atoms with E-state index in [1.165, 1.54) is 12.1 Å². The molecule has 0 heterocycles. The minimum absolute atomic E-state index is 0.0330. The number of rotatable bonds is 15. The first kappa shape index (κ1) is 34.9. The Hall–Kier alpha value is -3.34. The average Bonchev–Trinajstić information content (AvgIpc) is 2.93. The van der Waals surface area contributed by atoms with Crippen LogP contribution in [0.15, 0.2) is 18.2 Å². The number of nitrogens with two attached hydrogens (primary N) is 1. The van der Waals surface area contributed by atoms with Crippen molar-refractivity contribution in [3.63, 3.8) is 0 Å². The van der Waals surface area contributed by atoms with Crippen LogP contribution in [0.1, 0.15) is 85.1 Å². The number of hydrogen-bond acceptors (Lipinski definition) is 11. The van der Waals surface area contributed by atoms with Crippen molar-refractivity contribution in [2.45, 2.75) is 98.1 Å². The molecule has 0 radical (unpaired) electrons. The second kappa shape index (κ2) is 18.3. The number of benzene rings is 1. The maximum atomic E-state index is 12.6. The Morgan fingerprint density at radius 3 is 1.95 bits per heavy atom. The average molecular weight is 594 g/mol. The lowest BCUT2D eigenvalue weighted by atomic mass is 9.89. The molecular weight excluding hydrogens is 546 g/mol. The molecule has 236 valence electrons. The molecule has 42 heavy (non-hydrogen) atoms. The van der Waals surface area contributed by atoms with Crippen LogP contribution in [0, 0.1) is 17.8 Å². The van der Waals surface area contributed by atoms with Crippen molar-refractivity contribution in [2.75, 3.05) is 19.8 Å². The van der Waals surface area contributed by atoms with E-state index in [1.807, 2.05) is 27.7 Å². The Labute approximate surface area is 248 Å². The molecule has 1 saturated carbocycles. The first-order valence-electron chi connectivity index (χ1n) is 14.9. The van der Waals surface area contributed by atoms with Gasteiger partial charge in [0.15, 0.2) is 11.5 Å². The monoisotopic (exact) mass is 593 g/mol. The van der Waals surface area contributed by atoms with E-state index in [1.54, 1.807) is 13.0 Å². The third-order valence-corrected chi connectivity index (χ3v) is 6.70. The van der Waals surface area contributed by atoms with Crippen LogP contribution in [0.25, 0.3) is 0 Å². The molecule has 1 aromatic rings. The molecule has 0 amide bonds. The lowest BCUT2D eigenvalue weighted by molar-refractivity contribution is -0.161. The molecule has 0 aliphatic heterocycles. The molecule has 0 saturated heterocycles. The highest BCUT2D eigenvalue weighted by Crippen LogP contribution is 2.30. The summed E-state index contributed by atoms with van der Waals surface area (Å²) in [7, 11) is 0. The Kier molecular flexibility index (Phi) is 15.1. The first-order valence-corrected chi connectivity index (χ1v) is 14.9. The van der Waals surface area contributed by atoms with Crippen LogP contribution in [0.4, 0.5) is 9.59 Å². The summed E-state index contributed by atoms with van der Waals surface area (Å²) < 4.78 is 31.5. The van der Waals surface area contributed by atoms with Crippen molar-refractivity contribution in [1.82, 2.24) is 0 Å². The number of esters is 2. The summed E-state index contributed by atoms with van der Waals surface area (Å²) >= 11 is 0. The zero-order valence-electron chi connectivity index (χ0n) is 25.6. The van der Waals surface area contributed by atoms with Gasteiger partial charge in [0.05, 0.1) is 19.1 Å². The SMILES string of the molecule is CC(C)CCOC(=O)Oc1ccc(C[C@H](N)C(=O)O[C@@H](C)COC(=O)C2CCCCC2)cc1OC(=O)OCCC(C)C. The Bertz CT molecular complexity index is 1020. The van der Waals surface area contributed by atoms with Gasteiger partial charge in [-0.25, -0.2) is 9.59 Å². The van der Waals surface area contributed by atoms with E-state index in [0.717, 1.165) is 32.1 Å². The lowest BCUT2D eigenvalue weighted by Gasteiger charge is -2.22. The van der Waals surface area contributed by atoms with Crippen LogP contribution in [0.3, 0.4) is 0 Å². The van der Waals surface area contributed by atoms with Crippen LogP contribution >= 0.6 is 0 Å². The van der Waals surface area contributed by atoms with Crippen molar-refractivity contribution < 1.29 is 47.6 Å². The number of hydrogen-bond donors (Lipinski definition) is 1. The van der Waals surface area contributed by atoms with Gasteiger partial charge in [-0.15, -0.1) is 0 Å². The maximum Gasteiger partial charge on any atom is 0.513 e. The lowest BCUT2D eigenvalue weighted by Crippen LogP contribution is -2.37. The third kappa shape index (κ3) is 13.5. The largest absolute Gasteiger partial charge is 0.513 e. The van der Waals surface area contributed by atoms with Gasteiger partial charge in [0.2, 0.25) is 0 Å². The van der Waals surface area contributed by atoms with Crippen molar-refractivity contribution in [3.05, 3.63) is 23.8 Å². The standard InChI is InChI=1S/C31H47NO10/c1-20(2)13-15-37-30(35)41-26-12-11-23(18-27(26)42-31(36)38-16-14-21(3)4)17-25(32)29(34)40-22(5)19-39-28(33)24-9-7-6-8-10-24/h11-12,18,20-22,24-25H,6-10,13-17,19,32H2,1-5H3/t22-,25-/m0/s1. The highest BCUT2D eigenvalue weighted by Gasteiger charge is 2.25. The predicted molar refractivity (Wildman–Crippen MR) is 154 cm³/mol. The molecule has 0 spiro atoms. The van der Waals surface area contributed by atoms with Crippen molar-refractivity contribution in [1.29, 1.82) is 0 Å². The predicted octanol–water partition coefficient (Wildman–Crippen LogP) is 5.73. The second-order valence-corrected chi connectivity index (χ2v) is 11.6. The van der Waals surface area contributed by atoms with Crippen molar-refractivity contribution in [2.24, 2.45) is 23.5 Å². The van der Waals surface area contributed by atoms with Crippen LogP contribution in [-0.4, -0.2) is 56.2 Å². The zero-order valence-corrected chi connectivity index (χ0v) is 25.6. The van der Waals surface area contributed by atoms with Gasteiger partial charge in [-0.3, -0.25) is 9.59 Å². The third-order valence-electron chi connectivity index (χ3n) is 6.70. The van der Waals surface area contributed by atoms with E-state index in [-0.39, 0.29) is 49.6 Å². The van der Waals surface area contributed by atoms with Crippen LogP contribution < -0.4 is 15.2 Å². The van der Waals surface area contributed by atoms with Gasteiger partial charge in [0.1, 0.15) is 18.8 Å². The smallest absolute Gasteiger partial charge is 0.462 e. The van der Waals surface area contributed by atoms with Crippen LogP contribution in [0.5, 0.6) is 11.5 Å². The minimum Gasteiger partial charge on any atom is -0.462 e. The second-order valence-electron chi connectivity index (χ2n) is 11.6. The molecule has 1 fully saturated rings. The van der Waals surface area contributed by atoms with Gasteiger partial charge in [-0.05, 0) is 68.6 Å². The normalized spacial score (nSPS) is 15.0. The zero-order chi connectivity index (χ0) is 31.1. The summed E-state index contributed by atoms with van der Waals surface area (Å²) in [4.78, 5) is 49.4. The molecule has 2 N–H and O–H groups in total. The fourth-order valence-corrected chi connectivity index (χ4v) is 4.15. The Morgan fingerprint density at radius 1 is 0.810 bits per heavy atom. The fourth-order valence-electron chi connectivity index (χ4n) is 4.15. The molecule has 0 unspecified atom stereocenters. The van der Waals surface area contributed by atoms with E-state index in [9.17, 15) is 19.2 Å². The van der Waals surface area contributed by atoms with E-state index in [4.69, 9.17) is 34.2 Å². The minimum atomic E-state index is -1.06. The highest BCUT2D eigenvalue weighted by atomic mass is 16.7. The summed E-state index contributed by atoms with van der Waals surface area (Å²) in [6, 6.07) is 3.38. The van der Waals surface area contributed by atoms with Gasteiger partial charge >= 0.3 is 24.2 Å². The molecule has 11 nitrogen and oxygen atoms in total. The van der Waals surface area contributed by atoms with E-state index >= 15 is 0 Å². The number of ether oxygens (including phenoxy) is 6. The Balaban J connectivity index is 1.98. The quantitative estimate of drug-likeness (QED) is 0.151. The van der Waals surface area contributed by atoms with Crippen LogP contribution in [-0.2, 0) is 35.0 Å². The summed E-state index contributed by atoms with van der Waals surface area (Å²) in [5.74, 6) is -0.517. The fraction of sp³-hybridized carbons (Fsp3) is 0.677. The van der Waals surface area contributed by atoms with Crippen molar-refractivity contribution in [3.8, 4) is 11.5 Å². The van der Waals surface area contributed by atoms with E-state index in [2.05, 4.69) is 0 Å². The summed E-state index contributed by atoms with van der Waals surface area (Å²) in [6.45, 7) is 9.90. The Morgan fingerprint density at radius 2 is 1.38 bits per heavy atom. The van der Waals surface area contributed by atoms with Crippen LogP contribution in [0.2, 0.25) is 0 Å². The molecule has 1 aliphatic carbocycles. The van der Waals surface area contributed by atoms with Crippen molar-refractivity contribution >= 4 is 24.2 Å². The summed E-state index contributed by atoms with van der Waals surface area (Å²) in [6.07, 6.45) is 3.56. The molecule has 2 rings (SSSR count). The topological polar surface area (TPSA) is 150 Å². The van der Waals surface area contributed by atoms with Gasteiger partial charge in [0.25, 0.3) is 0 Å². The van der Waals surface area contributed by atoms with Gasteiger partial charge in [-0.2, -0.15) is 0 Å². The molecule has 1 aliphatic rings. The molecule has 0 aromatic heterocycles. The van der Waals surface area contributed by atoms with Gasteiger partial charge < -0.3 is 34.2 Å². The van der Waals surface area contributed by atoms with Gasteiger partial charge in [-0.1, -0.05) is 53.0 Å². The molecule has 11 heteroatoms. The number of carbonyl (C=O) groups excluding carboxylic acids is 4. The number of carbonyl (C=O) groups is 4. The van der Waals surface area contributed by atoms with E-state index < -0.39 is 30.4 Å². The molecule has 1 aromatic carbocycles. The molecule has 0 bridgehead atoms.